The van der Waals surface area contributed by atoms with E-state index in [0.717, 1.165) is 0 Å². The van der Waals surface area contributed by atoms with Crippen molar-refractivity contribution in [2.45, 2.75) is 0 Å². The molecular formula is H5AlCrMgZn. The van der Waals surface area contributed by atoms with Gasteiger partial charge >= 0.3 is 23.1 Å². The molecule has 0 N–H and O–H groups in total. The molecule has 0 amide bonds. The quantitative estimate of drug-likeness (QED) is 0.398. The third kappa shape index (κ3) is 8.82. The SMILES string of the molecule is [AlH3].[Cr].[H-].[H-].[Mg+2].[Zn]. The molecule has 0 saturated carbocycles. The van der Waals surface area contributed by atoms with Gasteiger partial charge in [0.05, 0.1) is 0 Å². The first kappa shape index (κ1) is 31.9. The molecule has 0 aromatic carbocycles. The van der Waals surface area contributed by atoms with Crippen LogP contribution < -0.4 is 0 Å². The van der Waals surface area contributed by atoms with Gasteiger partial charge in [0.15, 0.2) is 17.4 Å². The fourth-order valence-corrected chi connectivity index (χ4v) is 0. The van der Waals surface area contributed by atoms with E-state index in [0.29, 0.717) is 0 Å². The van der Waals surface area contributed by atoms with Gasteiger partial charge in [-0.25, -0.2) is 0 Å². The molecule has 0 aliphatic carbocycles. The fraction of sp³-hybridized carbons (Fsp3) is 0. The van der Waals surface area contributed by atoms with E-state index in [9.17, 15) is 0 Å². The van der Waals surface area contributed by atoms with Gasteiger partial charge in [0.1, 0.15) is 0 Å². The smallest absolute Gasteiger partial charge is 1.00 e. The van der Waals surface area contributed by atoms with Gasteiger partial charge in [-0.15, -0.1) is 0 Å². The van der Waals surface area contributed by atoms with Crippen molar-refractivity contribution in [2.24, 2.45) is 0 Å². The van der Waals surface area contributed by atoms with Crippen molar-refractivity contribution in [3.05, 3.63) is 0 Å². The van der Waals surface area contributed by atoms with Gasteiger partial charge in [-0.3, -0.25) is 0 Å². The Morgan fingerprint density at radius 1 is 1.25 bits per heavy atom. The molecule has 18 valence electrons. The molecule has 0 atom stereocenters. The molecular weight excluding hydrogens is 169 g/mol. The van der Waals surface area contributed by atoms with Crippen LogP contribution in [0.25, 0.3) is 0 Å². The Labute approximate surface area is 79.2 Å². The Hall–Kier alpha value is 2.45. The van der Waals surface area contributed by atoms with E-state index < -0.39 is 0 Å². The van der Waals surface area contributed by atoms with Crippen LogP contribution in [0.1, 0.15) is 2.85 Å². The molecule has 0 fully saturated rings. The Bertz CT molecular complexity index is 13.5. The molecule has 0 aliphatic heterocycles. The van der Waals surface area contributed by atoms with Crippen molar-refractivity contribution in [3.8, 4) is 0 Å². The van der Waals surface area contributed by atoms with Crippen LogP contribution in [-0.4, -0.2) is 40.4 Å². The average Bonchev–Trinajstić information content (AvgIpc) is 0. The maximum atomic E-state index is 0. The van der Waals surface area contributed by atoms with E-state index in [1.165, 1.54) is 0 Å². The summed E-state index contributed by atoms with van der Waals surface area (Å²) in [6.45, 7) is 0. The molecule has 0 nitrogen and oxygen atoms in total. The van der Waals surface area contributed by atoms with Crippen molar-refractivity contribution >= 4 is 40.4 Å². The van der Waals surface area contributed by atoms with Crippen LogP contribution in [0.2, 0.25) is 0 Å². The zero-order valence-corrected chi connectivity index (χ0v) is 7.48. The second-order valence-electron chi connectivity index (χ2n) is 0. The summed E-state index contributed by atoms with van der Waals surface area (Å²) in [5.41, 5.74) is 0. The Kier molecular flexibility index (Phi) is 143. The van der Waals surface area contributed by atoms with Crippen molar-refractivity contribution in [2.75, 3.05) is 0 Å². The fourth-order valence-electron chi connectivity index (χ4n) is 0. The number of rotatable bonds is 0. The maximum Gasteiger partial charge on any atom is 2.00 e. The van der Waals surface area contributed by atoms with Gasteiger partial charge in [-0.05, 0) is 0 Å². The number of hydrogen-bond acceptors (Lipinski definition) is 0. The Morgan fingerprint density at radius 2 is 1.25 bits per heavy atom. The van der Waals surface area contributed by atoms with Crippen molar-refractivity contribution in [1.82, 2.24) is 0 Å². The van der Waals surface area contributed by atoms with Crippen molar-refractivity contribution in [1.29, 1.82) is 0 Å². The first-order valence-electron chi connectivity index (χ1n) is 0. The van der Waals surface area contributed by atoms with Gasteiger partial charge < -0.3 is 2.85 Å². The third-order valence-electron chi connectivity index (χ3n) is 0. The van der Waals surface area contributed by atoms with Gasteiger partial charge in [-0.2, -0.15) is 0 Å². The minimum absolute atomic E-state index is 0. The van der Waals surface area contributed by atoms with Crippen LogP contribution in [0.15, 0.2) is 0 Å². The third-order valence-corrected chi connectivity index (χ3v) is 0. The van der Waals surface area contributed by atoms with Gasteiger partial charge in [0.2, 0.25) is 0 Å². The van der Waals surface area contributed by atoms with Gasteiger partial charge in [0, 0.05) is 36.8 Å². The molecule has 0 spiro atoms. The molecule has 0 rings (SSSR count). The summed E-state index contributed by atoms with van der Waals surface area (Å²) in [4.78, 5) is 0. The molecule has 4 heteroatoms. The second kappa shape index (κ2) is 18.0. The summed E-state index contributed by atoms with van der Waals surface area (Å²) in [5, 5.41) is 0. The summed E-state index contributed by atoms with van der Waals surface area (Å²) < 4.78 is 0. The molecule has 0 unspecified atom stereocenters. The standard InChI is InChI=1S/Al.Cr.Mg.Zn.5H/q;;+2;;;;;2*-1. The molecule has 0 aromatic heterocycles. The normalized spacial score (nSPS) is 0. The molecule has 0 heterocycles. The van der Waals surface area contributed by atoms with Crippen LogP contribution in [0.4, 0.5) is 0 Å². The topological polar surface area (TPSA) is 0 Å². The first-order valence-corrected chi connectivity index (χ1v) is 0. The summed E-state index contributed by atoms with van der Waals surface area (Å²) >= 11 is 0. The zero-order valence-electron chi connectivity index (χ0n) is 3.82. The molecule has 0 saturated heterocycles. The van der Waals surface area contributed by atoms with Crippen LogP contribution in [-0.2, 0) is 36.8 Å². The summed E-state index contributed by atoms with van der Waals surface area (Å²) in [5.74, 6) is 0. The van der Waals surface area contributed by atoms with E-state index in [2.05, 4.69) is 0 Å². The van der Waals surface area contributed by atoms with E-state index in [4.69, 9.17) is 0 Å². The first-order chi connectivity index (χ1) is 0. The van der Waals surface area contributed by atoms with Crippen LogP contribution in [0.3, 0.4) is 0 Å². The minimum Gasteiger partial charge on any atom is -1.00 e. The second-order valence-corrected chi connectivity index (χ2v) is 0. The Morgan fingerprint density at radius 3 is 1.25 bits per heavy atom. The van der Waals surface area contributed by atoms with Crippen molar-refractivity contribution in [3.63, 3.8) is 0 Å². The van der Waals surface area contributed by atoms with E-state index in [1.807, 2.05) is 0 Å². The predicted molar refractivity (Wildman–Crippen MR) is 17.9 cm³/mol. The van der Waals surface area contributed by atoms with E-state index in [1.54, 1.807) is 0 Å². The molecule has 0 radical (unpaired) electrons. The Balaban J connectivity index is 0. The van der Waals surface area contributed by atoms with Gasteiger partial charge in [-0.1, -0.05) is 0 Å². The molecule has 0 aromatic rings. The maximum absolute atomic E-state index is 0. The van der Waals surface area contributed by atoms with Crippen LogP contribution in [0, 0.1) is 0 Å². The summed E-state index contributed by atoms with van der Waals surface area (Å²) in [6.07, 6.45) is 0. The molecule has 0 aliphatic rings. The zero-order chi connectivity index (χ0) is 0. The minimum atomic E-state index is 0. The van der Waals surface area contributed by atoms with E-state index in [-0.39, 0.29) is 80.1 Å². The van der Waals surface area contributed by atoms with Gasteiger partial charge in [0.25, 0.3) is 0 Å². The monoisotopic (exact) mass is 172 g/mol. The molecule has 4 heavy (non-hydrogen) atoms. The molecule has 0 bridgehead atoms. The van der Waals surface area contributed by atoms with E-state index >= 15 is 0 Å². The summed E-state index contributed by atoms with van der Waals surface area (Å²) in [7, 11) is 0. The summed E-state index contributed by atoms with van der Waals surface area (Å²) in [6, 6.07) is 0. The van der Waals surface area contributed by atoms with Crippen LogP contribution >= 0.6 is 0 Å². The number of hydrogen-bond donors (Lipinski definition) is 0. The largest absolute Gasteiger partial charge is 2.00 e. The van der Waals surface area contributed by atoms with Crippen molar-refractivity contribution < 1.29 is 39.7 Å². The van der Waals surface area contributed by atoms with Crippen LogP contribution in [0.5, 0.6) is 0 Å². The average molecular weight is 174 g/mol. The predicted octanol–water partition coefficient (Wildman–Crippen LogP) is -1.34.